The van der Waals surface area contributed by atoms with E-state index in [0.717, 1.165) is 67.2 Å². The average Bonchev–Trinajstić information content (AvgIpc) is 3.56. The summed E-state index contributed by atoms with van der Waals surface area (Å²) in [6, 6.07) is 68.7. The van der Waals surface area contributed by atoms with Crippen molar-refractivity contribution in [3.05, 3.63) is 194 Å². The van der Waals surface area contributed by atoms with E-state index in [1.54, 1.807) is 0 Å². The Morgan fingerprint density at radius 3 is 1.55 bits per heavy atom. The minimum Gasteiger partial charge on any atom is -0.456 e. The van der Waals surface area contributed by atoms with Gasteiger partial charge >= 0.3 is 0 Å². The second kappa shape index (κ2) is 12.2. The Hall–Kier alpha value is -6.58. The number of furan rings is 1. The van der Waals surface area contributed by atoms with Gasteiger partial charge in [0.05, 0.1) is 5.69 Å². The third-order valence-corrected chi connectivity index (χ3v) is 9.18. The molecule has 0 aliphatic heterocycles. The highest BCUT2D eigenvalue weighted by Gasteiger charge is 2.21. The fourth-order valence-corrected chi connectivity index (χ4v) is 7.03. The zero-order valence-corrected chi connectivity index (χ0v) is 26.8. The van der Waals surface area contributed by atoms with E-state index in [1.807, 2.05) is 12.1 Å². The van der Waals surface area contributed by atoms with Crippen LogP contribution < -0.4 is 9.80 Å². The molecule has 0 unspecified atom stereocenters. The van der Waals surface area contributed by atoms with Gasteiger partial charge in [-0.15, -0.1) is 0 Å². The molecule has 0 N–H and O–H groups in total. The van der Waals surface area contributed by atoms with Crippen LogP contribution in [0.2, 0.25) is 0 Å². The molecular weight excluding hydrogens is 597 g/mol. The highest BCUT2D eigenvalue weighted by atomic mass is 16.3. The van der Waals surface area contributed by atoms with Crippen molar-refractivity contribution in [1.82, 2.24) is 0 Å². The van der Waals surface area contributed by atoms with Crippen molar-refractivity contribution in [2.75, 3.05) is 9.80 Å². The molecular formula is C46H32N2O. The molecule has 8 aromatic carbocycles. The van der Waals surface area contributed by atoms with Gasteiger partial charge in [0.2, 0.25) is 0 Å². The number of hydrogen-bond acceptors (Lipinski definition) is 3. The Kier molecular flexibility index (Phi) is 7.14. The first-order valence-corrected chi connectivity index (χ1v) is 16.6. The average molecular weight is 629 g/mol. The quantitative estimate of drug-likeness (QED) is 0.175. The molecule has 232 valence electrons. The number of para-hydroxylation sites is 4. The fraction of sp³-hybridized carbons (Fsp3) is 0. The van der Waals surface area contributed by atoms with Crippen LogP contribution in [0, 0.1) is 0 Å². The first-order valence-electron chi connectivity index (χ1n) is 16.6. The molecule has 0 amide bonds. The van der Waals surface area contributed by atoms with Crippen LogP contribution in [-0.4, -0.2) is 0 Å². The van der Waals surface area contributed by atoms with Gasteiger partial charge in [-0.05, 0) is 89.3 Å². The summed E-state index contributed by atoms with van der Waals surface area (Å²) in [6.07, 6.45) is 0. The number of rotatable bonds is 7. The van der Waals surface area contributed by atoms with Gasteiger partial charge in [0.25, 0.3) is 0 Å². The Morgan fingerprint density at radius 2 is 0.857 bits per heavy atom. The van der Waals surface area contributed by atoms with E-state index in [2.05, 4.69) is 192 Å². The maximum absolute atomic E-state index is 6.37. The van der Waals surface area contributed by atoms with E-state index in [1.165, 1.54) is 10.8 Å². The normalized spacial score (nSPS) is 11.3. The first-order chi connectivity index (χ1) is 24.3. The minimum atomic E-state index is 0.877. The zero-order chi connectivity index (χ0) is 32.6. The van der Waals surface area contributed by atoms with Gasteiger partial charge in [-0.1, -0.05) is 121 Å². The molecule has 9 rings (SSSR count). The van der Waals surface area contributed by atoms with Crippen molar-refractivity contribution in [2.24, 2.45) is 0 Å². The Balaban J connectivity index is 1.37. The lowest BCUT2D eigenvalue weighted by atomic mass is 9.97. The molecule has 0 aliphatic rings. The van der Waals surface area contributed by atoms with Crippen LogP contribution >= 0.6 is 0 Å². The van der Waals surface area contributed by atoms with Gasteiger partial charge < -0.3 is 14.2 Å². The van der Waals surface area contributed by atoms with Crippen LogP contribution in [0.4, 0.5) is 34.1 Å². The molecule has 0 spiro atoms. The van der Waals surface area contributed by atoms with Gasteiger partial charge in [0.15, 0.2) is 0 Å². The van der Waals surface area contributed by atoms with Crippen LogP contribution in [0.1, 0.15) is 0 Å². The van der Waals surface area contributed by atoms with E-state index >= 15 is 0 Å². The summed E-state index contributed by atoms with van der Waals surface area (Å²) < 4.78 is 6.37. The summed E-state index contributed by atoms with van der Waals surface area (Å²) in [6.45, 7) is 0. The minimum absolute atomic E-state index is 0.877. The third-order valence-electron chi connectivity index (χ3n) is 9.18. The topological polar surface area (TPSA) is 19.6 Å². The van der Waals surface area contributed by atoms with Crippen LogP contribution in [0.25, 0.3) is 43.8 Å². The summed E-state index contributed by atoms with van der Waals surface area (Å²) in [4.78, 5) is 4.73. The van der Waals surface area contributed by atoms with E-state index in [4.69, 9.17) is 4.42 Å². The zero-order valence-electron chi connectivity index (χ0n) is 26.8. The number of nitrogens with zero attached hydrogens (tertiary/aromatic N) is 2. The highest BCUT2D eigenvalue weighted by Crippen LogP contribution is 2.46. The number of benzene rings is 8. The molecule has 3 heteroatoms. The maximum atomic E-state index is 6.37. The highest BCUT2D eigenvalue weighted by molar-refractivity contribution is 6.13. The Bertz CT molecular complexity index is 2510. The molecule has 0 aliphatic carbocycles. The predicted molar refractivity (Wildman–Crippen MR) is 206 cm³/mol. The predicted octanol–water partition coefficient (Wildman–Crippen LogP) is 13.3. The van der Waals surface area contributed by atoms with Gasteiger partial charge in [-0.25, -0.2) is 0 Å². The standard InChI is InChI=1S/C46H32N2O/c1-4-18-35(19-5-1)47(36-20-6-2-7-21-36)38-30-34(41-26-15-29-45-46(41)42-25-12-13-28-44(42)49-45)31-39(32-38)48(37-22-8-3-9-23-37)43-27-14-17-33-16-10-11-24-40(33)43/h1-32H. The van der Waals surface area contributed by atoms with E-state index in [-0.39, 0.29) is 0 Å². The van der Waals surface area contributed by atoms with E-state index in [0.29, 0.717) is 0 Å². The molecule has 9 aromatic rings. The van der Waals surface area contributed by atoms with Crippen LogP contribution in [0.5, 0.6) is 0 Å². The van der Waals surface area contributed by atoms with Crippen molar-refractivity contribution in [3.63, 3.8) is 0 Å². The summed E-state index contributed by atoms with van der Waals surface area (Å²) in [5, 5.41) is 4.61. The Morgan fingerprint density at radius 1 is 0.347 bits per heavy atom. The molecule has 49 heavy (non-hydrogen) atoms. The van der Waals surface area contributed by atoms with Gasteiger partial charge in [-0.2, -0.15) is 0 Å². The van der Waals surface area contributed by atoms with Crippen molar-refractivity contribution >= 4 is 66.8 Å². The van der Waals surface area contributed by atoms with Crippen molar-refractivity contribution < 1.29 is 4.42 Å². The lowest BCUT2D eigenvalue weighted by Crippen LogP contribution is -2.14. The van der Waals surface area contributed by atoms with Crippen molar-refractivity contribution in [1.29, 1.82) is 0 Å². The van der Waals surface area contributed by atoms with E-state index in [9.17, 15) is 0 Å². The van der Waals surface area contributed by atoms with Gasteiger partial charge in [0.1, 0.15) is 11.2 Å². The molecule has 0 saturated carbocycles. The lowest BCUT2D eigenvalue weighted by Gasteiger charge is -2.31. The molecule has 0 atom stereocenters. The molecule has 0 radical (unpaired) electrons. The van der Waals surface area contributed by atoms with Crippen molar-refractivity contribution in [3.8, 4) is 11.1 Å². The summed E-state index contributed by atoms with van der Waals surface area (Å²) in [7, 11) is 0. The first kappa shape index (κ1) is 28.6. The van der Waals surface area contributed by atoms with E-state index < -0.39 is 0 Å². The van der Waals surface area contributed by atoms with Crippen LogP contribution in [0.3, 0.4) is 0 Å². The third kappa shape index (κ3) is 5.18. The second-order valence-electron chi connectivity index (χ2n) is 12.2. The molecule has 0 saturated heterocycles. The molecule has 0 fully saturated rings. The number of anilines is 6. The lowest BCUT2D eigenvalue weighted by molar-refractivity contribution is 0.669. The van der Waals surface area contributed by atoms with Gasteiger partial charge in [0, 0.05) is 44.6 Å². The maximum Gasteiger partial charge on any atom is 0.136 e. The summed E-state index contributed by atoms with van der Waals surface area (Å²) in [5.41, 5.74) is 10.5. The molecule has 1 aromatic heterocycles. The van der Waals surface area contributed by atoms with Crippen LogP contribution in [-0.2, 0) is 0 Å². The molecule has 1 heterocycles. The van der Waals surface area contributed by atoms with Crippen molar-refractivity contribution in [2.45, 2.75) is 0 Å². The fourth-order valence-electron chi connectivity index (χ4n) is 7.03. The summed E-state index contributed by atoms with van der Waals surface area (Å²) >= 11 is 0. The second-order valence-corrected chi connectivity index (χ2v) is 12.2. The van der Waals surface area contributed by atoms with Gasteiger partial charge in [-0.3, -0.25) is 0 Å². The number of hydrogen-bond donors (Lipinski definition) is 0. The molecule has 0 bridgehead atoms. The number of fused-ring (bicyclic) bond motifs is 4. The SMILES string of the molecule is c1ccc(N(c2ccccc2)c2cc(-c3cccc4oc5ccccc5c34)cc(N(c3ccccc3)c3cccc4ccccc34)c2)cc1. The molecule has 3 nitrogen and oxygen atoms in total. The largest absolute Gasteiger partial charge is 0.456 e. The summed E-state index contributed by atoms with van der Waals surface area (Å²) in [5.74, 6) is 0. The Labute approximate surface area is 285 Å². The smallest absolute Gasteiger partial charge is 0.136 e. The monoisotopic (exact) mass is 628 g/mol. The van der Waals surface area contributed by atoms with Crippen LogP contribution in [0.15, 0.2) is 199 Å².